The summed E-state index contributed by atoms with van der Waals surface area (Å²) < 4.78 is 0. The van der Waals surface area contributed by atoms with Crippen molar-refractivity contribution in [2.24, 2.45) is 5.92 Å². The Morgan fingerprint density at radius 3 is 2.36 bits per heavy atom. The van der Waals surface area contributed by atoms with Gasteiger partial charge in [0.2, 0.25) is 5.91 Å². The van der Waals surface area contributed by atoms with Crippen LogP contribution in [0.5, 0.6) is 0 Å². The summed E-state index contributed by atoms with van der Waals surface area (Å²) in [5.41, 5.74) is 4.11. The minimum absolute atomic E-state index is 0.0208. The molecule has 3 aromatic carbocycles. The highest BCUT2D eigenvalue weighted by Crippen LogP contribution is 2.25. The Bertz CT molecular complexity index is 1560. The van der Waals surface area contributed by atoms with Gasteiger partial charge in [0.1, 0.15) is 6.54 Å². The quantitative estimate of drug-likeness (QED) is 0.157. The molecule has 1 N–H and O–H groups in total. The topological polar surface area (TPSA) is 103 Å². The molecule has 10 heteroatoms. The Morgan fingerprint density at radius 2 is 1.71 bits per heavy atom. The van der Waals surface area contributed by atoms with Crippen molar-refractivity contribution in [2.75, 3.05) is 38.6 Å². The minimum Gasteiger partial charge on any atom is -0.378 e. The average Bonchev–Trinajstić information content (AvgIpc) is 3.37. The zero-order chi connectivity index (χ0) is 30.4. The zero-order valence-corrected chi connectivity index (χ0v) is 25.1. The van der Waals surface area contributed by atoms with Crippen LogP contribution >= 0.6 is 11.6 Å². The van der Waals surface area contributed by atoms with Crippen LogP contribution in [-0.4, -0.2) is 65.3 Å². The van der Waals surface area contributed by atoms with Gasteiger partial charge in [0, 0.05) is 68.6 Å². The van der Waals surface area contributed by atoms with Gasteiger partial charge in [0.15, 0.2) is 0 Å². The van der Waals surface area contributed by atoms with E-state index in [1.54, 1.807) is 4.90 Å². The van der Waals surface area contributed by atoms with Gasteiger partial charge in [-0.05, 0) is 47.7 Å². The number of carbonyl (C=O) groups is 2. The molecule has 4 rings (SSSR count). The first-order valence-corrected chi connectivity index (χ1v) is 14.2. The molecule has 2 amide bonds. The summed E-state index contributed by atoms with van der Waals surface area (Å²) in [6, 6.07) is 19.9. The molecular weight excluding hydrogens is 554 g/mol. The van der Waals surface area contributed by atoms with Crippen molar-refractivity contribution in [3.8, 4) is 0 Å². The monoisotopic (exact) mass is 589 g/mol. The van der Waals surface area contributed by atoms with E-state index < -0.39 is 10.8 Å². The number of hydrogen-bond acceptors (Lipinski definition) is 5. The molecule has 0 aliphatic rings. The van der Waals surface area contributed by atoms with Crippen LogP contribution in [-0.2, 0) is 17.8 Å². The molecule has 0 atom stereocenters. The number of H-pyrrole nitrogens is 1. The van der Waals surface area contributed by atoms with E-state index in [2.05, 4.69) is 11.1 Å². The maximum absolute atomic E-state index is 13.9. The fourth-order valence-electron chi connectivity index (χ4n) is 4.89. The summed E-state index contributed by atoms with van der Waals surface area (Å²) in [7, 11) is 3.95. The van der Waals surface area contributed by atoms with Crippen LogP contribution in [0.15, 0.2) is 72.9 Å². The summed E-state index contributed by atoms with van der Waals surface area (Å²) in [6.45, 7) is 4.95. The number of benzene rings is 3. The molecule has 0 bridgehead atoms. The first kappa shape index (κ1) is 30.6. The first-order valence-electron chi connectivity index (χ1n) is 13.9. The molecule has 1 heterocycles. The van der Waals surface area contributed by atoms with Crippen LogP contribution in [0.3, 0.4) is 0 Å². The third kappa shape index (κ3) is 7.47. The van der Waals surface area contributed by atoms with Gasteiger partial charge in [0.05, 0.1) is 15.5 Å². The lowest BCUT2D eigenvalue weighted by atomic mass is 10.1. The lowest BCUT2D eigenvalue weighted by Gasteiger charge is -2.29. The van der Waals surface area contributed by atoms with E-state index in [0.29, 0.717) is 26.1 Å². The third-order valence-electron chi connectivity index (χ3n) is 7.10. The van der Waals surface area contributed by atoms with Crippen molar-refractivity contribution in [2.45, 2.75) is 26.8 Å². The summed E-state index contributed by atoms with van der Waals surface area (Å²) in [6.07, 6.45) is 2.61. The maximum Gasteiger partial charge on any atom is 0.270 e. The average molecular weight is 590 g/mol. The second-order valence-corrected chi connectivity index (χ2v) is 11.4. The van der Waals surface area contributed by atoms with E-state index in [-0.39, 0.29) is 34.6 Å². The largest absolute Gasteiger partial charge is 0.378 e. The molecule has 0 unspecified atom stereocenters. The van der Waals surface area contributed by atoms with E-state index in [1.807, 2.05) is 81.5 Å². The first-order chi connectivity index (χ1) is 20.0. The highest BCUT2D eigenvalue weighted by molar-refractivity contribution is 6.34. The van der Waals surface area contributed by atoms with Gasteiger partial charge in [-0.1, -0.05) is 55.8 Å². The van der Waals surface area contributed by atoms with Crippen LogP contribution in [0.25, 0.3) is 10.9 Å². The Kier molecular flexibility index (Phi) is 9.85. The predicted molar refractivity (Wildman–Crippen MR) is 167 cm³/mol. The Morgan fingerprint density at radius 1 is 1.00 bits per heavy atom. The fraction of sp³-hybridized carbons (Fsp3) is 0.312. The molecule has 0 spiro atoms. The molecule has 0 saturated heterocycles. The Hall–Kier alpha value is -4.37. The van der Waals surface area contributed by atoms with Gasteiger partial charge >= 0.3 is 0 Å². The summed E-state index contributed by atoms with van der Waals surface area (Å²) in [4.78, 5) is 46.6. The number of fused-ring (bicyclic) bond motifs is 1. The second kappa shape index (κ2) is 13.5. The highest BCUT2D eigenvalue weighted by atomic mass is 35.5. The smallest absolute Gasteiger partial charge is 0.270 e. The number of hydrogen-bond donors (Lipinski definition) is 1. The number of non-ortho nitro benzene ring substituents is 1. The molecule has 9 nitrogen and oxygen atoms in total. The molecule has 4 aromatic rings. The van der Waals surface area contributed by atoms with Crippen molar-refractivity contribution in [3.05, 3.63) is 105 Å². The van der Waals surface area contributed by atoms with E-state index >= 15 is 0 Å². The Labute approximate surface area is 250 Å². The van der Waals surface area contributed by atoms with E-state index in [0.717, 1.165) is 33.8 Å². The predicted octanol–water partition coefficient (Wildman–Crippen LogP) is 6.17. The number of nitrogens with zero attached hydrogens (tertiary/aromatic N) is 4. The van der Waals surface area contributed by atoms with Crippen LogP contribution in [0.2, 0.25) is 5.02 Å². The van der Waals surface area contributed by atoms with Gasteiger partial charge in [-0.3, -0.25) is 19.7 Å². The van der Waals surface area contributed by atoms with Gasteiger partial charge in [-0.2, -0.15) is 0 Å². The van der Waals surface area contributed by atoms with Crippen molar-refractivity contribution >= 4 is 45.7 Å². The normalized spacial score (nSPS) is 11.1. The van der Waals surface area contributed by atoms with Crippen molar-refractivity contribution in [1.82, 2.24) is 14.8 Å². The number of nitrogens with one attached hydrogen (secondary N) is 1. The Balaban J connectivity index is 1.58. The third-order valence-corrected chi connectivity index (χ3v) is 7.41. The number of halogens is 1. The standard InChI is InChI=1S/C32H36ClN5O4/c1-22(2)19-37(32(40)28-14-13-26(38(41)42)17-29(28)33)21-31(39)36(20-23-9-11-25(12-10-23)35(3)4)16-15-24-18-34-30-8-6-5-7-27(24)30/h5-14,17-18,22,34H,15-16,19-21H2,1-4H3. The number of amides is 2. The van der Waals surface area contributed by atoms with Gasteiger partial charge in [-0.15, -0.1) is 0 Å². The van der Waals surface area contributed by atoms with Crippen molar-refractivity contribution < 1.29 is 14.5 Å². The summed E-state index contributed by atoms with van der Waals surface area (Å²) in [5, 5.41) is 12.2. The molecule has 0 aliphatic heterocycles. The number of carbonyl (C=O) groups excluding carboxylic acids is 2. The number of aromatic nitrogens is 1. The minimum atomic E-state index is -0.563. The maximum atomic E-state index is 13.9. The molecular formula is C32H36ClN5O4. The highest BCUT2D eigenvalue weighted by Gasteiger charge is 2.26. The zero-order valence-electron chi connectivity index (χ0n) is 24.3. The summed E-state index contributed by atoms with van der Waals surface area (Å²) in [5.74, 6) is -0.556. The number of aromatic amines is 1. The molecule has 0 saturated carbocycles. The molecule has 220 valence electrons. The number of anilines is 1. The SMILES string of the molecule is CC(C)CN(CC(=O)N(CCc1c[nH]c2ccccc12)Cc1ccc(N(C)C)cc1)C(=O)c1ccc([N+](=O)[O-])cc1Cl. The van der Waals surface area contributed by atoms with Gasteiger partial charge in [-0.25, -0.2) is 0 Å². The van der Waals surface area contributed by atoms with Crippen LogP contribution in [0, 0.1) is 16.0 Å². The van der Waals surface area contributed by atoms with Crippen LogP contribution < -0.4 is 4.90 Å². The molecule has 42 heavy (non-hydrogen) atoms. The van der Waals surface area contributed by atoms with Crippen LogP contribution in [0.1, 0.15) is 35.3 Å². The number of nitro groups is 1. The fourth-order valence-corrected chi connectivity index (χ4v) is 5.15. The van der Waals surface area contributed by atoms with Gasteiger partial charge < -0.3 is 19.7 Å². The van der Waals surface area contributed by atoms with Crippen LogP contribution in [0.4, 0.5) is 11.4 Å². The molecule has 0 radical (unpaired) electrons. The second-order valence-electron chi connectivity index (χ2n) is 11.0. The van der Waals surface area contributed by atoms with E-state index in [9.17, 15) is 19.7 Å². The lowest BCUT2D eigenvalue weighted by molar-refractivity contribution is -0.384. The lowest BCUT2D eigenvalue weighted by Crippen LogP contribution is -2.44. The molecule has 0 fully saturated rings. The van der Waals surface area contributed by atoms with Crippen molar-refractivity contribution in [3.63, 3.8) is 0 Å². The van der Waals surface area contributed by atoms with Gasteiger partial charge in [0.25, 0.3) is 11.6 Å². The summed E-state index contributed by atoms with van der Waals surface area (Å²) >= 11 is 6.29. The molecule has 0 aliphatic carbocycles. The number of nitro benzene ring substituents is 1. The van der Waals surface area contributed by atoms with E-state index in [4.69, 9.17) is 11.6 Å². The number of rotatable bonds is 12. The van der Waals surface area contributed by atoms with E-state index in [1.165, 1.54) is 17.0 Å². The van der Waals surface area contributed by atoms with Crippen molar-refractivity contribution in [1.29, 1.82) is 0 Å². The number of para-hydroxylation sites is 1. The molecule has 1 aromatic heterocycles.